The first-order valence-corrected chi connectivity index (χ1v) is 7.99. The highest BCUT2D eigenvalue weighted by Gasteiger charge is 2.18. The van der Waals surface area contributed by atoms with Crippen LogP contribution in [0.4, 0.5) is 0 Å². The van der Waals surface area contributed by atoms with Crippen LogP contribution in [0.15, 0.2) is 22.2 Å². The number of thiophene rings is 1. The minimum atomic E-state index is 0.155. The first kappa shape index (κ1) is 13.7. The molecule has 18 heavy (non-hydrogen) atoms. The molecule has 0 aliphatic carbocycles. The number of hydrogen-bond donors (Lipinski definition) is 1. The Balaban J connectivity index is 1.93. The third-order valence-corrected chi connectivity index (χ3v) is 4.84. The zero-order valence-electron chi connectivity index (χ0n) is 11.4. The highest BCUT2D eigenvalue weighted by Crippen LogP contribution is 2.25. The SMILES string of the molecule is CC(NCc1csc(C(C)(C)C)n1)c1ccsc1. The van der Waals surface area contributed by atoms with Gasteiger partial charge in [-0.05, 0) is 29.3 Å². The summed E-state index contributed by atoms with van der Waals surface area (Å²) in [5.74, 6) is 0. The van der Waals surface area contributed by atoms with Crippen molar-refractivity contribution in [1.82, 2.24) is 10.3 Å². The molecule has 2 nitrogen and oxygen atoms in total. The second-order valence-corrected chi connectivity index (χ2v) is 7.19. The van der Waals surface area contributed by atoms with E-state index in [2.05, 4.69) is 55.2 Å². The van der Waals surface area contributed by atoms with Crippen LogP contribution >= 0.6 is 22.7 Å². The molecule has 0 fully saturated rings. The van der Waals surface area contributed by atoms with Gasteiger partial charge in [0, 0.05) is 23.4 Å². The molecule has 1 N–H and O–H groups in total. The predicted octanol–water partition coefficient (Wildman–Crippen LogP) is 4.35. The Morgan fingerprint density at radius 1 is 1.33 bits per heavy atom. The van der Waals surface area contributed by atoms with Crippen molar-refractivity contribution >= 4 is 22.7 Å². The molecular formula is C14H20N2S2. The number of hydrogen-bond acceptors (Lipinski definition) is 4. The molecule has 2 rings (SSSR count). The molecule has 0 radical (unpaired) electrons. The van der Waals surface area contributed by atoms with Gasteiger partial charge in [0.25, 0.3) is 0 Å². The molecule has 1 unspecified atom stereocenters. The normalized spacial score (nSPS) is 13.8. The Morgan fingerprint density at radius 2 is 2.11 bits per heavy atom. The van der Waals surface area contributed by atoms with Gasteiger partial charge in [0.15, 0.2) is 0 Å². The molecule has 2 heterocycles. The highest BCUT2D eigenvalue weighted by atomic mass is 32.1. The summed E-state index contributed by atoms with van der Waals surface area (Å²) in [5, 5.41) is 11.2. The van der Waals surface area contributed by atoms with Crippen LogP contribution in [-0.4, -0.2) is 4.98 Å². The van der Waals surface area contributed by atoms with E-state index in [1.807, 2.05) is 0 Å². The summed E-state index contributed by atoms with van der Waals surface area (Å²) in [4.78, 5) is 4.69. The maximum Gasteiger partial charge on any atom is 0.0982 e. The first-order valence-electron chi connectivity index (χ1n) is 6.17. The van der Waals surface area contributed by atoms with Gasteiger partial charge in [-0.3, -0.25) is 0 Å². The molecule has 2 aromatic heterocycles. The predicted molar refractivity (Wildman–Crippen MR) is 80.4 cm³/mol. The van der Waals surface area contributed by atoms with E-state index in [0.717, 1.165) is 12.2 Å². The summed E-state index contributed by atoms with van der Waals surface area (Å²) >= 11 is 3.50. The summed E-state index contributed by atoms with van der Waals surface area (Å²) in [5.41, 5.74) is 2.65. The molecule has 1 atom stereocenters. The lowest BCUT2D eigenvalue weighted by molar-refractivity contribution is 0.557. The van der Waals surface area contributed by atoms with E-state index in [-0.39, 0.29) is 5.41 Å². The minimum absolute atomic E-state index is 0.155. The van der Waals surface area contributed by atoms with Gasteiger partial charge in [0.1, 0.15) is 0 Å². The largest absolute Gasteiger partial charge is 0.305 e. The van der Waals surface area contributed by atoms with Gasteiger partial charge in [-0.1, -0.05) is 20.8 Å². The van der Waals surface area contributed by atoms with Crippen molar-refractivity contribution in [3.8, 4) is 0 Å². The van der Waals surface area contributed by atoms with Crippen LogP contribution in [0.5, 0.6) is 0 Å². The summed E-state index contributed by atoms with van der Waals surface area (Å²) in [7, 11) is 0. The van der Waals surface area contributed by atoms with Crippen molar-refractivity contribution in [2.24, 2.45) is 0 Å². The molecule has 0 aliphatic rings. The van der Waals surface area contributed by atoms with Crippen molar-refractivity contribution in [2.75, 3.05) is 0 Å². The maximum absolute atomic E-state index is 4.69. The second kappa shape index (κ2) is 5.51. The van der Waals surface area contributed by atoms with E-state index < -0.39 is 0 Å². The Labute approximate surface area is 117 Å². The molecule has 0 aromatic carbocycles. The van der Waals surface area contributed by atoms with Crippen LogP contribution in [0.3, 0.4) is 0 Å². The van der Waals surface area contributed by atoms with Gasteiger partial charge in [-0.25, -0.2) is 4.98 Å². The molecule has 0 spiro atoms. The van der Waals surface area contributed by atoms with Gasteiger partial charge in [0.05, 0.1) is 10.7 Å². The van der Waals surface area contributed by atoms with Crippen molar-refractivity contribution in [3.63, 3.8) is 0 Å². The average Bonchev–Trinajstić information content (AvgIpc) is 2.96. The molecule has 4 heteroatoms. The van der Waals surface area contributed by atoms with Gasteiger partial charge in [0.2, 0.25) is 0 Å². The van der Waals surface area contributed by atoms with Gasteiger partial charge in [-0.2, -0.15) is 11.3 Å². The lowest BCUT2D eigenvalue weighted by Crippen LogP contribution is -2.18. The zero-order chi connectivity index (χ0) is 13.2. The smallest absolute Gasteiger partial charge is 0.0982 e. The Bertz CT molecular complexity index is 480. The third-order valence-electron chi connectivity index (χ3n) is 2.83. The quantitative estimate of drug-likeness (QED) is 0.900. The topological polar surface area (TPSA) is 24.9 Å². The van der Waals surface area contributed by atoms with Gasteiger partial charge in [-0.15, -0.1) is 11.3 Å². The lowest BCUT2D eigenvalue weighted by Gasteiger charge is -2.14. The molecule has 0 saturated carbocycles. The summed E-state index contributed by atoms with van der Waals surface area (Å²) in [6.45, 7) is 9.65. The molecule has 0 aliphatic heterocycles. The fourth-order valence-electron chi connectivity index (χ4n) is 1.63. The number of nitrogens with one attached hydrogen (secondary N) is 1. The van der Waals surface area contributed by atoms with Crippen LogP contribution in [-0.2, 0) is 12.0 Å². The lowest BCUT2D eigenvalue weighted by atomic mass is 9.98. The van der Waals surface area contributed by atoms with Crippen molar-refractivity contribution in [1.29, 1.82) is 0 Å². The summed E-state index contributed by atoms with van der Waals surface area (Å²) < 4.78 is 0. The third kappa shape index (κ3) is 3.40. The fourth-order valence-corrected chi connectivity index (χ4v) is 3.29. The molecule has 2 aromatic rings. The fraction of sp³-hybridized carbons (Fsp3) is 0.500. The second-order valence-electron chi connectivity index (χ2n) is 5.55. The van der Waals surface area contributed by atoms with Crippen molar-refractivity contribution in [2.45, 2.75) is 45.7 Å². The molecule has 0 saturated heterocycles. The number of aromatic nitrogens is 1. The van der Waals surface area contributed by atoms with Crippen LogP contribution < -0.4 is 5.32 Å². The number of rotatable bonds is 4. The Hall–Kier alpha value is -0.710. The van der Waals surface area contributed by atoms with Crippen molar-refractivity contribution in [3.05, 3.63) is 38.5 Å². The monoisotopic (exact) mass is 280 g/mol. The summed E-state index contributed by atoms with van der Waals surface area (Å²) in [6.07, 6.45) is 0. The average molecular weight is 280 g/mol. The van der Waals surface area contributed by atoms with Gasteiger partial charge < -0.3 is 5.32 Å². The standard InChI is InChI=1S/C14H20N2S2/c1-10(11-5-6-17-8-11)15-7-12-9-18-13(16-12)14(2,3)4/h5-6,8-10,15H,7H2,1-4H3. The molecule has 0 amide bonds. The van der Waals surface area contributed by atoms with Crippen LogP contribution in [0.1, 0.15) is 50.0 Å². The van der Waals surface area contributed by atoms with Crippen LogP contribution in [0.2, 0.25) is 0 Å². The maximum atomic E-state index is 4.69. The van der Waals surface area contributed by atoms with Gasteiger partial charge >= 0.3 is 0 Å². The number of nitrogens with zero attached hydrogens (tertiary/aromatic N) is 1. The minimum Gasteiger partial charge on any atom is -0.305 e. The highest BCUT2D eigenvalue weighted by molar-refractivity contribution is 7.09. The molecule has 0 bridgehead atoms. The number of thiazole rings is 1. The van der Waals surface area contributed by atoms with Crippen molar-refractivity contribution < 1.29 is 0 Å². The van der Waals surface area contributed by atoms with E-state index in [1.54, 1.807) is 22.7 Å². The van der Waals surface area contributed by atoms with E-state index in [0.29, 0.717) is 6.04 Å². The zero-order valence-corrected chi connectivity index (χ0v) is 13.0. The van der Waals surface area contributed by atoms with E-state index in [1.165, 1.54) is 10.6 Å². The molecular weight excluding hydrogens is 260 g/mol. The molecule has 98 valence electrons. The Morgan fingerprint density at radius 3 is 2.67 bits per heavy atom. The van der Waals surface area contributed by atoms with E-state index in [4.69, 9.17) is 4.98 Å². The summed E-state index contributed by atoms with van der Waals surface area (Å²) in [6, 6.07) is 2.56. The first-order chi connectivity index (χ1) is 8.47. The Kier molecular flexibility index (Phi) is 4.20. The van der Waals surface area contributed by atoms with E-state index in [9.17, 15) is 0 Å². The van der Waals surface area contributed by atoms with E-state index >= 15 is 0 Å². The van der Waals surface area contributed by atoms with Crippen LogP contribution in [0, 0.1) is 0 Å². The van der Waals surface area contributed by atoms with Crippen LogP contribution in [0.25, 0.3) is 0 Å².